The molecular weight excluding hydrogens is 672 g/mol. The summed E-state index contributed by atoms with van der Waals surface area (Å²) < 4.78 is 125. The van der Waals surface area contributed by atoms with Crippen molar-refractivity contribution in [3.8, 4) is 50.9 Å². The van der Waals surface area contributed by atoms with Crippen molar-refractivity contribution in [2.75, 3.05) is 12.9 Å². The molecule has 0 saturated heterocycles. The molecule has 0 fully saturated rings. The molecule has 10 nitrogen and oxygen atoms in total. The molecule has 3 heterocycles. The van der Waals surface area contributed by atoms with E-state index < -0.39 is 57.5 Å². The van der Waals surface area contributed by atoms with E-state index in [1.165, 1.54) is 43.3 Å². The number of aromatic nitrogens is 3. The molecule has 1 aliphatic heterocycles. The highest BCUT2D eigenvalue weighted by molar-refractivity contribution is 7.90. The van der Waals surface area contributed by atoms with Crippen LogP contribution in [0.1, 0.15) is 23.0 Å². The molecule has 0 bridgehead atoms. The zero-order valence-corrected chi connectivity index (χ0v) is 25.6. The number of hydrogen-bond donors (Lipinski definition) is 2. The van der Waals surface area contributed by atoms with Crippen LogP contribution in [-0.4, -0.2) is 52.3 Å². The van der Waals surface area contributed by atoms with Crippen molar-refractivity contribution < 1.29 is 58.9 Å². The monoisotopic (exact) mass is 695 g/mol. The van der Waals surface area contributed by atoms with Crippen LogP contribution < -0.4 is 9.47 Å². The minimum absolute atomic E-state index is 0.0293. The van der Waals surface area contributed by atoms with Crippen LogP contribution >= 0.6 is 0 Å². The first-order valence-electron chi connectivity index (χ1n) is 13.9. The van der Waals surface area contributed by atoms with Gasteiger partial charge in [0.1, 0.15) is 17.3 Å². The van der Waals surface area contributed by atoms with Crippen LogP contribution in [0.25, 0.3) is 39.4 Å². The summed E-state index contributed by atoms with van der Waals surface area (Å²) in [7, 11) is -4.03. The van der Waals surface area contributed by atoms with Gasteiger partial charge in [-0.2, -0.15) is 13.2 Å². The minimum atomic E-state index is -4.80. The van der Waals surface area contributed by atoms with Gasteiger partial charge in [-0.1, -0.05) is 6.07 Å². The summed E-state index contributed by atoms with van der Waals surface area (Å²) in [6.45, 7) is 0.00470. The number of benzene rings is 3. The van der Waals surface area contributed by atoms with E-state index >= 15 is 4.39 Å². The number of aliphatic hydroxyl groups excluding tert-OH is 2. The van der Waals surface area contributed by atoms with Gasteiger partial charge in [0.25, 0.3) is 0 Å². The van der Waals surface area contributed by atoms with Crippen molar-refractivity contribution in [3.05, 3.63) is 83.5 Å². The van der Waals surface area contributed by atoms with Gasteiger partial charge < -0.3 is 28.7 Å². The molecule has 0 unspecified atom stereocenters. The maximum absolute atomic E-state index is 15.1. The standard InChI is InChI=1S/C31H23F6N3O7S/c1-15-38-26(30(33,34)35)13-40(15)22-5-3-16(18-10-21(32)20(14-42)25(12-18)48(2,43)44)9-19(22)28-29(45-27(39-28)7-8-41)17-4-6-23-24(11-17)47-31(36,37)46-23/h3-6,9-13,41-42H,7-8,14H2,1-2H3. The second-order valence-electron chi connectivity index (χ2n) is 10.7. The Balaban J connectivity index is 1.62. The van der Waals surface area contributed by atoms with Gasteiger partial charge in [0.2, 0.25) is 0 Å². The zero-order valence-electron chi connectivity index (χ0n) is 24.8. The Morgan fingerprint density at radius 3 is 2.29 bits per heavy atom. The molecule has 0 amide bonds. The Bertz CT molecular complexity index is 2180. The van der Waals surface area contributed by atoms with Crippen LogP contribution in [0.2, 0.25) is 0 Å². The number of aryl methyl sites for hydroxylation is 1. The third-order valence-electron chi connectivity index (χ3n) is 7.39. The predicted molar refractivity (Wildman–Crippen MR) is 156 cm³/mol. The number of nitrogens with zero attached hydrogens (tertiary/aromatic N) is 3. The van der Waals surface area contributed by atoms with Crippen molar-refractivity contribution in [3.63, 3.8) is 0 Å². The lowest BCUT2D eigenvalue weighted by atomic mass is 9.97. The number of halogens is 6. The van der Waals surface area contributed by atoms with Gasteiger partial charge in [-0.05, 0) is 60.5 Å². The Hall–Kier alpha value is -4.87. The fraction of sp³-hybridized carbons (Fsp3) is 0.226. The van der Waals surface area contributed by atoms with Crippen LogP contribution in [0.3, 0.4) is 0 Å². The molecule has 6 rings (SSSR count). The third-order valence-corrected chi connectivity index (χ3v) is 8.55. The molecule has 5 aromatic rings. The summed E-state index contributed by atoms with van der Waals surface area (Å²) in [5, 5.41) is 19.3. The van der Waals surface area contributed by atoms with Crippen LogP contribution in [0, 0.1) is 12.7 Å². The Morgan fingerprint density at radius 1 is 0.938 bits per heavy atom. The maximum Gasteiger partial charge on any atom is 0.586 e. The molecule has 252 valence electrons. The summed E-state index contributed by atoms with van der Waals surface area (Å²) in [5.74, 6) is -1.81. The number of sulfone groups is 1. The molecule has 0 atom stereocenters. The van der Waals surface area contributed by atoms with E-state index in [0.29, 0.717) is 0 Å². The van der Waals surface area contributed by atoms with Crippen molar-refractivity contribution in [1.82, 2.24) is 14.5 Å². The second kappa shape index (κ2) is 11.7. The topological polar surface area (TPSA) is 137 Å². The van der Waals surface area contributed by atoms with Crippen LogP contribution in [0.5, 0.6) is 11.5 Å². The van der Waals surface area contributed by atoms with Crippen molar-refractivity contribution in [2.24, 2.45) is 0 Å². The minimum Gasteiger partial charge on any atom is -0.440 e. The molecule has 0 saturated carbocycles. The lowest BCUT2D eigenvalue weighted by Gasteiger charge is -2.15. The molecule has 0 radical (unpaired) electrons. The van der Waals surface area contributed by atoms with Gasteiger partial charge in [0.05, 0.1) is 23.8 Å². The van der Waals surface area contributed by atoms with Crippen molar-refractivity contribution >= 4 is 9.84 Å². The average Bonchev–Trinajstić information content (AvgIpc) is 3.69. The molecule has 0 aliphatic carbocycles. The Morgan fingerprint density at radius 2 is 1.65 bits per heavy atom. The molecule has 0 spiro atoms. The Labute approximate surface area is 267 Å². The second-order valence-corrected chi connectivity index (χ2v) is 12.7. The number of oxazole rings is 1. The lowest BCUT2D eigenvalue weighted by molar-refractivity contribution is -0.286. The third kappa shape index (κ3) is 6.11. The number of aliphatic hydroxyl groups is 2. The molecule has 1 aliphatic rings. The summed E-state index contributed by atoms with van der Waals surface area (Å²) >= 11 is 0. The number of imidazole rings is 1. The summed E-state index contributed by atoms with van der Waals surface area (Å²) in [4.78, 5) is 7.63. The highest BCUT2D eigenvalue weighted by atomic mass is 32.2. The van der Waals surface area contributed by atoms with Crippen LogP contribution in [0.15, 0.2) is 64.0 Å². The molecule has 48 heavy (non-hydrogen) atoms. The zero-order chi connectivity index (χ0) is 34.8. The largest absolute Gasteiger partial charge is 0.586 e. The molecular formula is C31H23F6N3O7S. The van der Waals surface area contributed by atoms with Gasteiger partial charge in [-0.15, -0.1) is 8.78 Å². The number of rotatable bonds is 8. The smallest absolute Gasteiger partial charge is 0.440 e. The van der Waals surface area contributed by atoms with Crippen molar-refractivity contribution in [1.29, 1.82) is 0 Å². The van der Waals surface area contributed by atoms with Crippen LogP contribution in [-0.2, 0) is 29.0 Å². The SMILES string of the molecule is Cc1nc(C(F)(F)F)cn1-c1ccc(-c2cc(F)c(CO)c(S(C)(=O)=O)c2)cc1-c1nc(CCO)oc1-c1ccc2c(c1)OC(F)(F)O2. The van der Waals surface area contributed by atoms with Gasteiger partial charge >= 0.3 is 12.5 Å². The summed E-state index contributed by atoms with van der Waals surface area (Å²) in [5.41, 5.74) is -1.19. The number of fused-ring (bicyclic) bond motifs is 1. The first-order valence-corrected chi connectivity index (χ1v) is 15.8. The van der Waals surface area contributed by atoms with Crippen molar-refractivity contribution in [2.45, 2.75) is 37.3 Å². The van der Waals surface area contributed by atoms with E-state index in [4.69, 9.17) is 4.42 Å². The first kappa shape index (κ1) is 33.0. The number of alkyl halides is 5. The average molecular weight is 696 g/mol. The quantitative estimate of drug-likeness (QED) is 0.185. The van der Waals surface area contributed by atoms with E-state index in [-0.39, 0.29) is 69.0 Å². The van der Waals surface area contributed by atoms with E-state index in [1.54, 1.807) is 0 Å². The lowest BCUT2D eigenvalue weighted by Crippen LogP contribution is -2.25. The van der Waals surface area contributed by atoms with E-state index in [2.05, 4.69) is 19.4 Å². The van der Waals surface area contributed by atoms with Gasteiger partial charge in [0, 0.05) is 35.6 Å². The molecule has 17 heteroatoms. The van der Waals surface area contributed by atoms with E-state index in [0.717, 1.165) is 29.2 Å². The highest BCUT2D eigenvalue weighted by Gasteiger charge is 2.43. The van der Waals surface area contributed by atoms with Crippen LogP contribution in [0.4, 0.5) is 26.3 Å². The molecule has 2 aromatic heterocycles. The normalized spacial score (nSPS) is 14.1. The summed E-state index contributed by atoms with van der Waals surface area (Å²) in [6, 6.07) is 10.0. The highest BCUT2D eigenvalue weighted by Crippen LogP contribution is 2.46. The number of hydrogen-bond acceptors (Lipinski definition) is 9. The number of ether oxygens (including phenoxy) is 2. The fourth-order valence-electron chi connectivity index (χ4n) is 5.27. The van der Waals surface area contributed by atoms with E-state index in [1.807, 2.05) is 0 Å². The predicted octanol–water partition coefficient (Wildman–Crippen LogP) is 6.08. The van der Waals surface area contributed by atoms with Gasteiger partial charge in [-0.3, -0.25) is 0 Å². The van der Waals surface area contributed by atoms with E-state index in [9.17, 15) is 40.6 Å². The summed E-state index contributed by atoms with van der Waals surface area (Å²) in [6.07, 6.45) is -7.26. The maximum atomic E-state index is 15.1. The van der Waals surface area contributed by atoms with Gasteiger partial charge in [0.15, 0.2) is 38.7 Å². The Kier molecular flexibility index (Phi) is 8.04. The molecule has 3 aromatic carbocycles. The molecule has 2 N–H and O–H groups in total. The fourth-order valence-corrected chi connectivity index (χ4v) is 6.22. The van der Waals surface area contributed by atoms with Gasteiger partial charge in [-0.25, -0.2) is 22.8 Å². The first-order chi connectivity index (χ1) is 22.5.